The highest BCUT2D eigenvalue weighted by molar-refractivity contribution is 7.22. The topological polar surface area (TPSA) is 62.3 Å². The van der Waals surface area contributed by atoms with Gasteiger partial charge >= 0.3 is 0 Å². The molecule has 7 heteroatoms. The van der Waals surface area contributed by atoms with Crippen LogP contribution >= 0.6 is 11.3 Å². The third kappa shape index (κ3) is 3.89. The highest BCUT2D eigenvalue weighted by atomic mass is 32.1. The summed E-state index contributed by atoms with van der Waals surface area (Å²) in [6.07, 6.45) is 1.48. The molecule has 1 aliphatic heterocycles. The quantitative estimate of drug-likeness (QED) is 0.719. The number of benzene rings is 2. The van der Waals surface area contributed by atoms with E-state index in [9.17, 15) is 14.0 Å². The number of likely N-dealkylation sites (tertiary alicyclic amines) is 1. The maximum Gasteiger partial charge on any atom is 0.253 e. The number of nitrogens with one attached hydrogen (secondary N) is 1. The van der Waals surface area contributed by atoms with Crippen LogP contribution in [0.5, 0.6) is 0 Å². The minimum atomic E-state index is -0.376. The number of nitrogens with zero attached hydrogens (tertiary/aromatic N) is 2. The average molecular weight is 397 g/mol. The van der Waals surface area contributed by atoms with Crippen molar-refractivity contribution in [2.45, 2.75) is 19.8 Å². The van der Waals surface area contributed by atoms with E-state index in [0.717, 1.165) is 28.6 Å². The van der Waals surface area contributed by atoms with Gasteiger partial charge in [0, 0.05) is 18.7 Å². The van der Waals surface area contributed by atoms with Crippen LogP contribution in [0.4, 0.5) is 9.52 Å². The van der Waals surface area contributed by atoms with Crippen LogP contribution in [0.1, 0.15) is 28.8 Å². The summed E-state index contributed by atoms with van der Waals surface area (Å²) in [6.45, 7) is 2.97. The van der Waals surface area contributed by atoms with Crippen molar-refractivity contribution >= 4 is 38.5 Å². The van der Waals surface area contributed by atoms with E-state index in [1.54, 1.807) is 4.90 Å². The van der Waals surface area contributed by atoms with E-state index in [1.165, 1.54) is 35.6 Å². The van der Waals surface area contributed by atoms with Crippen LogP contribution in [0.2, 0.25) is 0 Å². The van der Waals surface area contributed by atoms with Crippen molar-refractivity contribution in [2.75, 3.05) is 18.4 Å². The van der Waals surface area contributed by atoms with Gasteiger partial charge in [-0.2, -0.15) is 0 Å². The molecular weight excluding hydrogens is 377 g/mol. The lowest BCUT2D eigenvalue weighted by molar-refractivity contribution is -0.121. The van der Waals surface area contributed by atoms with E-state index >= 15 is 0 Å². The molecule has 1 saturated heterocycles. The SMILES string of the molecule is Cc1ccc2nc(NC(=O)C3CCCN(C(=O)c4ccc(F)cc4)C3)sc2c1. The Bertz CT molecular complexity index is 1030. The largest absolute Gasteiger partial charge is 0.338 e. The summed E-state index contributed by atoms with van der Waals surface area (Å²) in [4.78, 5) is 31.5. The standard InChI is InChI=1S/C21H20FN3O2S/c1-13-4-9-17-18(11-13)28-21(23-17)24-19(26)15-3-2-10-25(12-15)20(27)14-5-7-16(22)8-6-14/h4-9,11,15H,2-3,10,12H2,1H3,(H,23,24,26). The number of aromatic nitrogens is 1. The third-order valence-corrected chi connectivity index (χ3v) is 5.88. The first-order valence-electron chi connectivity index (χ1n) is 9.22. The molecule has 2 heterocycles. The van der Waals surface area contributed by atoms with Crippen LogP contribution < -0.4 is 5.32 Å². The molecule has 0 aliphatic carbocycles. The molecule has 1 fully saturated rings. The van der Waals surface area contributed by atoms with Crippen molar-refractivity contribution in [1.29, 1.82) is 0 Å². The fourth-order valence-electron chi connectivity index (χ4n) is 3.44. The number of piperidine rings is 1. The highest BCUT2D eigenvalue weighted by Crippen LogP contribution is 2.28. The molecule has 5 nitrogen and oxygen atoms in total. The van der Waals surface area contributed by atoms with Gasteiger partial charge in [-0.3, -0.25) is 9.59 Å². The summed E-state index contributed by atoms with van der Waals surface area (Å²) in [7, 11) is 0. The minimum Gasteiger partial charge on any atom is -0.338 e. The first-order chi connectivity index (χ1) is 13.5. The lowest BCUT2D eigenvalue weighted by Crippen LogP contribution is -2.43. The number of hydrogen-bond acceptors (Lipinski definition) is 4. The Hall–Kier alpha value is -2.80. The molecule has 3 aromatic rings. The number of carbonyl (C=O) groups excluding carboxylic acids is 2. The van der Waals surface area contributed by atoms with Crippen LogP contribution in [0.15, 0.2) is 42.5 Å². The van der Waals surface area contributed by atoms with Gasteiger partial charge in [0.1, 0.15) is 5.82 Å². The first-order valence-corrected chi connectivity index (χ1v) is 10.0. The van der Waals surface area contributed by atoms with Crippen LogP contribution in [0, 0.1) is 18.7 Å². The number of halogens is 1. The summed E-state index contributed by atoms with van der Waals surface area (Å²) >= 11 is 1.45. The molecule has 0 saturated carbocycles. The molecule has 144 valence electrons. The number of amides is 2. The summed E-state index contributed by atoms with van der Waals surface area (Å²) in [5.74, 6) is -0.953. The summed E-state index contributed by atoms with van der Waals surface area (Å²) < 4.78 is 14.1. The monoisotopic (exact) mass is 397 g/mol. The molecule has 0 spiro atoms. The van der Waals surface area contributed by atoms with Gasteiger partial charge in [-0.15, -0.1) is 0 Å². The smallest absolute Gasteiger partial charge is 0.253 e. The number of fused-ring (bicyclic) bond motifs is 1. The third-order valence-electron chi connectivity index (χ3n) is 4.94. The molecule has 1 aromatic heterocycles. The predicted molar refractivity (Wildman–Crippen MR) is 108 cm³/mol. The maximum absolute atomic E-state index is 13.1. The fourth-order valence-corrected chi connectivity index (χ4v) is 4.41. The molecule has 0 radical (unpaired) electrons. The Morgan fingerprint density at radius 2 is 2.00 bits per heavy atom. The second kappa shape index (κ2) is 7.67. The van der Waals surface area contributed by atoms with Crippen molar-refractivity contribution in [1.82, 2.24) is 9.88 Å². The zero-order valence-electron chi connectivity index (χ0n) is 15.4. The Morgan fingerprint density at radius 3 is 2.79 bits per heavy atom. The lowest BCUT2D eigenvalue weighted by Gasteiger charge is -2.32. The van der Waals surface area contributed by atoms with E-state index in [-0.39, 0.29) is 23.5 Å². The summed E-state index contributed by atoms with van der Waals surface area (Å²) in [6, 6.07) is 11.5. The number of anilines is 1. The van der Waals surface area contributed by atoms with Crippen molar-refractivity contribution in [3.63, 3.8) is 0 Å². The Morgan fingerprint density at radius 1 is 1.21 bits per heavy atom. The summed E-state index contributed by atoms with van der Waals surface area (Å²) in [5.41, 5.74) is 2.45. The number of carbonyl (C=O) groups is 2. The van der Waals surface area contributed by atoms with E-state index < -0.39 is 0 Å². The highest BCUT2D eigenvalue weighted by Gasteiger charge is 2.29. The lowest BCUT2D eigenvalue weighted by atomic mass is 9.96. The molecule has 2 aromatic carbocycles. The van der Waals surface area contributed by atoms with Crippen molar-refractivity contribution in [3.8, 4) is 0 Å². The summed E-state index contributed by atoms with van der Waals surface area (Å²) in [5, 5.41) is 3.48. The number of thiazole rings is 1. The first kappa shape index (κ1) is 18.6. The van der Waals surface area contributed by atoms with Gasteiger partial charge < -0.3 is 10.2 Å². The molecule has 28 heavy (non-hydrogen) atoms. The van der Waals surface area contributed by atoms with Gasteiger partial charge in [-0.05, 0) is 61.7 Å². The Balaban J connectivity index is 1.43. The van der Waals surface area contributed by atoms with Crippen LogP contribution in [0.3, 0.4) is 0 Å². The van der Waals surface area contributed by atoms with Gasteiger partial charge in [0.2, 0.25) is 5.91 Å². The molecule has 1 aliphatic rings. The molecule has 0 bridgehead atoms. The van der Waals surface area contributed by atoms with E-state index in [1.807, 2.05) is 25.1 Å². The van der Waals surface area contributed by atoms with E-state index in [2.05, 4.69) is 10.3 Å². The normalized spacial score (nSPS) is 16.9. The minimum absolute atomic E-state index is 0.118. The second-order valence-electron chi connectivity index (χ2n) is 7.08. The van der Waals surface area contributed by atoms with Gasteiger partial charge in [0.25, 0.3) is 5.91 Å². The predicted octanol–water partition coefficient (Wildman–Crippen LogP) is 4.23. The molecule has 1 atom stereocenters. The van der Waals surface area contributed by atoms with Crippen molar-refractivity contribution in [3.05, 3.63) is 59.4 Å². The Labute approximate surface area is 166 Å². The average Bonchev–Trinajstić information content (AvgIpc) is 3.09. The maximum atomic E-state index is 13.1. The molecule has 2 amide bonds. The van der Waals surface area contributed by atoms with Crippen LogP contribution in [-0.2, 0) is 4.79 Å². The van der Waals surface area contributed by atoms with Gasteiger partial charge in [-0.1, -0.05) is 17.4 Å². The van der Waals surface area contributed by atoms with Crippen LogP contribution in [-0.4, -0.2) is 34.8 Å². The van der Waals surface area contributed by atoms with Crippen molar-refractivity contribution in [2.24, 2.45) is 5.92 Å². The zero-order valence-corrected chi connectivity index (χ0v) is 16.3. The van der Waals surface area contributed by atoms with Gasteiger partial charge in [0.05, 0.1) is 16.1 Å². The van der Waals surface area contributed by atoms with E-state index in [0.29, 0.717) is 23.8 Å². The number of aryl methyl sites for hydroxylation is 1. The zero-order chi connectivity index (χ0) is 19.7. The van der Waals surface area contributed by atoms with Crippen LogP contribution in [0.25, 0.3) is 10.2 Å². The van der Waals surface area contributed by atoms with E-state index in [4.69, 9.17) is 0 Å². The molecule has 1 N–H and O–H groups in total. The van der Waals surface area contributed by atoms with Crippen molar-refractivity contribution < 1.29 is 14.0 Å². The molecule has 4 rings (SSSR count). The molecule has 1 unspecified atom stereocenters. The second-order valence-corrected chi connectivity index (χ2v) is 8.11. The van der Waals surface area contributed by atoms with Gasteiger partial charge in [0.15, 0.2) is 5.13 Å². The molecular formula is C21H20FN3O2S. The van der Waals surface area contributed by atoms with Gasteiger partial charge in [-0.25, -0.2) is 9.37 Å². The fraction of sp³-hybridized carbons (Fsp3) is 0.286. The number of hydrogen-bond donors (Lipinski definition) is 1. The Kier molecular flexibility index (Phi) is 5.09. The number of rotatable bonds is 3.